The van der Waals surface area contributed by atoms with Crippen molar-refractivity contribution >= 4 is 0 Å². The van der Waals surface area contributed by atoms with Crippen LogP contribution in [0.5, 0.6) is 0 Å². The topological polar surface area (TPSA) is 38.0 Å². The molecule has 0 spiro atoms. The van der Waals surface area contributed by atoms with Crippen molar-refractivity contribution in [1.29, 1.82) is 0 Å². The Labute approximate surface area is 90.0 Å². The van der Waals surface area contributed by atoms with Crippen LogP contribution in [0, 0.1) is 12.7 Å². The predicted molar refractivity (Wildman–Crippen MR) is 61.1 cm³/mol. The average Bonchev–Trinajstić information content (AvgIpc) is 2.24. The Kier molecular flexibility index (Phi) is 4.46. The minimum atomic E-state index is -0.215. The van der Waals surface area contributed by atoms with Gasteiger partial charge in [-0.1, -0.05) is 23.8 Å². The zero-order valence-electron chi connectivity index (χ0n) is 8.96. The van der Waals surface area contributed by atoms with Crippen LogP contribution in [0.2, 0.25) is 0 Å². The number of nitrogens with two attached hydrogens (primary N) is 1. The third-order valence-corrected chi connectivity index (χ3v) is 2.27. The molecule has 0 aliphatic heterocycles. The summed E-state index contributed by atoms with van der Waals surface area (Å²) >= 11 is 0. The van der Waals surface area contributed by atoms with Crippen LogP contribution in [-0.4, -0.2) is 13.1 Å². The first-order chi connectivity index (χ1) is 7.19. The van der Waals surface area contributed by atoms with E-state index in [1.807, 2.05) is 13.0 Å². The van der Waals surface area contributed by atoms with Crippen LogP contribution < -0.4 is 11.1 Å². The van der Waals surface area contributed by atoms with Gasteiger partial charge in [0.05, 0.1) is 0 Å². The number of aryl methyl sites for hydroxylation is 1. The number of hydrogen-bond donors (Lipinski definition) is 2. The van der Waals surface area contributed by atoms with E-state index in [1.54, 1.807) is 12.1 Å². The van der Waals surface area contributed by atoms with E-state index in [2.05, 4.69) is 11.9 Å². The molecule has 3 N–H and O–H groups in total. The average molecular weight is 208 g/mol. The second-order valence-electron chi connectivity index (χ2n) is 3.51. The summed E-state index contributed by atoms with van der Waals surface area (Å²) in [4.78, 5) is 0. The molecule has 0 bridgehead atoms. The molecule has 0 heterocycles. The van der Waals surface area contributed by atoms with Crippen molar-refractivity contribution < 1.29 is 4.39 Å². The van der Waals surface area contributed by atoms with E-state index in [9.17, 15) is 4.39 Å². The Bertz CT molecular complexity index is 336. The van der Waals surface area contributed by atoms with Crippen molar-refractivity contribution in [2.24, 2.45) is 5.73 Å². The highest BCUT2D eigenvalue weighted by Gasteiger charge is 2.12. The largest absolute Gasteiger partial charge is 0.329 e. The second-order valence-corrected chi connectivity index (χ2v) is 3.51. The van der Waals surface area contributed by atoms with Crippen molar-refractivity contribution in [3.63, 3.8) is 0 Å². The predicted octanol–water partition coefficient (Wildman–Crippen LogP) is 1.91. The number of benzene rings is 1. The molecule has 15 heavy (non-hydrogen) atoms. The van der Waals surface area contributed by atoms with Gasteiger partial charge in [-0.15, -0.1) is 6.58 Å². The Balaban J connectivity index is 2.89. The summed E-state index contributed by atoms with van der Waals surface area (Å²) in [5.41, 5.74) is 7.26. The Hall–Kier alpha value is -1.19. The molecule has 0 saturated heterocycles. The number of rotatable bonds is 5. The van der Waals surface area contributed by atoms with E-state index < -0.39 is 0 Å². The smallest absolute Gasteiger partial charge is 0.128 e. The van der Waals surface area contributed by atoms with Crippen molar-refractivity contribution in [3.8, 4) is 0 Å². The van der Waals surface area contributed by atoms with Crippen molar-refractivity contribution in [3.05, 3.63) is 47.8 Å². The maximum absolute atomic E-state index is 13.5. The van der Waals surface area contributed by atoms with Crippen LogP contribution in [0.3, 0.4) is 0 Å². The van der Waals surface area contributed by atoms with Crippen molar-refractivity contribution in [2.75, 3.05) is 13.1 Å². The third kappa shape index (κ3) is 3.15. The van der Waals surface area contributed by atoms with Crippen molar-refractivity contribution in [1.82, 2.24) is 5.32 Å². The van der Waals surface area contributed by atoms with Gasteiger partial charge >= 0.3 is 0 Å². The second kappa shape index (κ2) is 5.63. The maximum Gasteiger partial charge on any atom is 0.128 e. The Morgan fingerprint density at radius 1 is 1.60 bits per heavy atom. The fraction of sp³-hybridized carbons (Fsp3) is 0.333. The molecule has 1 aromatic carbocycles. The fourth-order valence-electron chi connectivity index (χ4n) is 1.48. The summed E-state index contributed by atoms with van der Waals surface area (Å²) in [6, 6.07) is 4.90. The van der Waals surface area contributed by atoms with E-state index in [1.165, 1.54) is 6.07 Å². The molecule has 0 aromatic heterocycles. The first-order valence-electron chi connectivity index (χ1n) is 4.99. The molecule has 0 fully saturated rings. The molecular formula is C12H17FN2. The molecule has 1 unspecified atom stereocenters. The van der Waals surface area contributed by atoms with Gasteiger partial charge in [-0.05, 0) is 13.0 Å². The van der Waals surface area contributed by atoms with Gasteiger partial charge in [-0.3, -0.25) is 0 Å². The molecule has 2 nitrogen and oxygen atoms in total. The van der Waals surface area contributed by atoms with Gasteiger partial charge in [-0.2, -0.15) is 0 Å². The van der Waals surface area contributed by atoms with E-state index in [0.29, 0.717) is 18.7 Å². The normalized spacial score (nSPS) is 12.5. The minimum Gasteiger partial charge on any atom is -0.329 e. The zero-order chi connectivity index (χ0) is 11.3. The molecule has 0 aliphatic carbocycles. The third-order valence-electron chi connectivity index (χ3n) is 2.27. The molecule has 0 amide bonds. The first-order valence-corrected chi connectivity index (χ1v) is 4.99. The summed E-state index contributed by atoms with van der Waals surface area (Å²) in [7, 11) is 0. The van der Waals surface area contributed by atoms with Gasteiger partial charge in [0.25, 0.3) is 0 Å². The zero-order valence-corrected chi connectivity index (χ0v) is 8.96. The SMILES string of the molecule is C=CCNC(CN)c1cc(C)ccc1F. The summed E-state index contributed by atoms with van der Waals surface area (Å²) in [5.74, 6) is -0.215. The highest BCUT2D eigenvalue weighted by molar-refractivity contribution is 5.27. The highest BCUT2D eigenvalue weighted by atomic mass is 19.1. The maximum atomic E-state index is 13.5. The quantitative estimate of drug-likeness (QED) is 0.725. The van der Waals surface area contributed by atoms with Crippen LogP contribution >= 0.6 is 0 Å². The van der Waals surface area contributed by atoms with Crippen LogP contribution in [-0.2, 0) is 0 Å². The molecule has 0 radical (unpaired) electrons. The monoisotopic (exact) mass is 208 g/mol. The lowest BCUT2D eigenvalue weighted by Gasteiger charge is -2.17. The number of hydrogen-bond acceptors (Lipinski definition) is 2. The summed E-state index contributed by atoms with van der Waals surface area (Å²) in [5, 5.41) is 3.12. The standard InChI is InChI=1S/C12H17FN2/c1-3-6-15-12(8-14)10-7-9(2)4-5-11(10)13/h3-5,7,12,15H,1,6,8,14H2,2H3. The molecule has 1 atom stereocenters. The van der Waals surface area contributed by atoms with E-state index in [-0.39, 0.29) is 11.9 Å². The summed E-state index contributed by atoms with van der Waals surface area (Å²) in [6.07, 6.45) is 1.73. The van der Waals surface area contributed by atoms with Gasteiger partial charge in [0, 0.05) is 24.7 Å². The Morgan fingerprint density at radius 3 is 2.93 bits per heavy atom. The summed E-state index contributed by atoms with van der Waals surface area (Å²) < 4.78 is 13.5. The lowest BCUT2D eigenvalue weighted by molar-refractivity contribution is 0.527. The van der Waals surface area contributed by atoms with Crippen LogP contribution in [0.15, 0.2) is 30.9 Å². The minimum absolute atomic E-state index is 0.150. The Morgan fingerprint density at radius 2 is 2.33 bits per heavy atom. The van der Waals surface area contributed by atoms with E-state index in [4.69, 9.17) is 5.73 Å². The van der Waals surface area contributed by atoms with E-state index in [0.717, 1.165) is 5.56 Å². The molecule has 82 valence electrons. The van der Waals surface area contributed by atoms with Gasteiger partial charge in [-0.25, -0.2) is 4.39 Å². The molecule has 1 rings (SSSR count). The number of nitrogens with one attached hydrogen (secondary N) is 1. The van der Waals surface area contributed by atoms with Crippen LogP contribution in [0.25, 0.3) is 0 Å². The van der Waals surface area contributed by atoms with Gasteiger partial charge in [0.15, 0.2) is 0 Å². The molecule has 3 heteroatoms. The van der Waals surface area contributed by atoms with Crippen molar-refractivity contribution in [2.45, 2.75) is 13.0 Å². The molecular weight excluding hydrogens is 191 g/mol. The van der Waals surface area contributed by atoms with Gasteiger partial charge in [0.2, 0.25) is 0 Å². The van der Waals surface area contributed by atoms with E-state index >= 15 is 0 Å². The number of halogens is 1. The van der Waals surface area contributed by atoms with Gasteiger partial charge < -0.3 is 11.1 Å². The highest BCUT2D eigenvalue weighted by Crippen LogP contribution is 2.17. The lowest BCUT2D eigenvalue weighted by atomic mass is 10.0. The molecule has 0 aliphatic rings. The first kappa shape index (κ1) is 11.9. The van der Waals surface area contributed by atoms with Crippen LogP contribution in [0.1, 0.15) is 17.2 Å². The van der Waals surface area contributed by atoms with Gasteiger partial charge in [0.1, 0.15) is 5.82 Å². The fourth-order valence-corrected chi connectivity index (χ4v) is 1.48. The summed E-state index contributed by atoms with van der Waals surface area (Å²) in [6.45, 7) is 6.53. The lowest BCUT2D eigenvalue weighted by Crippen LogP contribution is -2.29. The molecule has 0 saturated carbocycles. The molecule has 1 aromatic rings. The van der Waals surface area contributed by atoms with Crippen LogP contribution in [0.4, 0.5) is 4.39 Å².